The number of esters is 1. The molecule has 0 bridgehead atoms. The van der Waals surface area contributed by atoms with Crippen molar-refractivity contribution < 1.29 is 23.7 Å². The van der Waals surface area contributed by atoms with Crippen molar-refractivity contribution >= 4 is 5.97 Å². The Morgan fingerprint density at radius 3 is 2.58 bits per heavy atom. The van der Waals surface area contributed by atoms with Crippen LogP contribution in [0.2, 0.25) is 0 Å². The average Bonchev–Trinajstić information content (AvgIpc) is 3.12. The summed E-state index contributed by atoms with van der Waals surface area (Å²) in [7, 11) is 3.15. The van der Waals surface area contributed by atoms with Crippen molar-refractivity contribution in [2.45, 2.75) is 25.6 Å². The Hall–Kier alpha value is -1.75. The molecule has 2 atom stereocenters. The van der Waals surface area contributed by atoms with Gasteiger partial charge in [-0.2, -0.15) is 0 Å². The molecule has 0 amide bonds. The molecule has 1 fully saturated rings. The Bertz CT molecular complexity index is 485. The SMILES string of the molecule is CCOC(=O)C1OC1(C)c1ccc(OC)c(OC)c1. The van der Waals surface area contributed by atoms with Gasteiger partial charge in [-0.25, -0.2) is 4.79 Å². The van der Waals surface area contributed by atoms with Crippen LogP contribution in [0.4, 0.5) is 0 Å². The lowest BCUT2D eigenvalue weighted by molar-refractivity contribution is -0.144. The van der Waals surface area contributed by atoms with Crippen molar-refractivity contribution in [1.29, 1.82) is 0 Å². The minimum atomic E-state index is -0.647. The van der Waals surface area contributed by atoms with E-state index < -0.39 is 11.7 Å². The predicted octanol–water partition coefficient (Wildman–Crippen LogP) is 1.88. The van der Waals surface area contributed by atoms with Crippen LogP contribution in [0.3, 0.4) is 0 Å². The maximum atomic E-state index is 11.7. The van der Waals surface area contributed by atoms with Crippen LogP contribution in [0, 0.1) is 0 Å². The van der Waals surface area contributed by atoms with Crippen molar-refractivity contribution in [2.24, 2.45) is 0 Å². The van der Waals surface area contributed by atoms with E-state index in [-0.39, 0.29) is 5.97 Å². The van der Waals surface area contributed by atoms with Crippen molar-refractivity contribution in [3.63, 3.8) is 0 Å². The van der Waals surface area contributed by atoms with Gasteiger partial charge in [0.05, 0.1) is 20.8 Å². The van der Waals surface area contributed by atoms with Crippen LogP contribution < -0.4 is 9.47 Å². The van der Waals surface area contributed by atoms with Crippen LogP contribution >= 0.6 is 0 Å². The molecular formula is C14H18O5. The van der Waals surface area contributed by atoms with Crippen LogP contribution in [-0.2, 0) is 19.9 Å². The Kier molecular flexibility index (Phi) is 3.66. The fraction of sp³-hybridized carbons (Fsp3) is 0.500. The number of hydrogen-bond acceptors (Lipinski definition) is 5. The minimum Gasteiger partial charge on any atom is -0.493 e. The summed E-state index contributed by atoms with van der Waals surface area (Å²) in [6.45, 7) is 3.98. The lowest BCUT2D eigenvalue weighted by Crippen LogP contribution is -2.18. The number of ether oxygens (including phenoxy) is 4. The third kappa shape index (κ3) is 2.38. The van der Waals surface area contributed by atoms with Crippen LogP contribution in [0.15, 0.2) is 18.2 Å². The van der Waals surface area contributed by atoms with E-state index in [0.717, 1.165) is 5.56 Å². The van der Waals surface area contributed by atoms with E-state index in [1.807, 2.05) is 19.1 Å². The van der Waals surface area contributed by atoms with Crippen LogP contribution in [0.5, 0.6) is 11.5 Å². The molecule has 1 aromatic carbocycles. The zero-order valence-corrected chi connectivity index (χ0v) is 11.6. The second-order valence-corrected chi connectivity index (χ2v) is 4.43. The molecule has 0 spiro atoms. The van der Waals surface area contributed by atoms with Gasteiger partial charge in [0, 0.05) is 0 Å². The van der Waals surface area contributed by atoms with Gasteiger partial charge in [-0.1, -0.05) is 6.07 Å². The average molecular weight is 266 g/mol. The van der Waals surface area contributed by atoms with E-state index in [2.05, 4.69) is 0 Å². The summed E-state index contributed by atoms with van der Waals surface area (Å²) < 4.78 is 20.9. The van der Waals surface area contributed by atoms with Gasteiger partial charge >= 0.3 is 5.97 Å². The summed E-state index contributed by atoms with van der Waals surface area (Å²) in [5.41, 5.74) is 0.217. The van der Waals surface area contributed by atoms with Gasteiger partial charge in [0.1, 0.15) is 5.60 Å². The molecule has 2 unspecified atom stereocenters. The molecule has 104 valence electrons. The first-order valence-corrected chi connectivity index (χ1v) is 6.13. The van der Waals surface area contributed by atoms with Crippen molar-refractivity contribution in [3.05, 3.63) is 23.8 Å². The first-order valence-electron chi connectivity index (χ1n) is 6.13. The molecule has 0 N–H and O–H groups in total. The molecule has 1 aromatic rings. The fourth-order valence-corrected chi connectivity index (χ4v) is 2.07. The standard InChI is InChI=1S/C14H18O5/c1-5-18-13(15)12-14(2,19-12)9-6-7-10(16-3)11(8-9)17-4/h6-8,12H,5H2,1-4H3. The van der Waals surface area contributed by atoms with E-state index in [9.17, 15) is 4.79 Å². The highest BCUT2D eigenvalue weighted by Crippen LogP contribution is 2.48. The smallest absolute Gasteiger partial charge is 0.338 e. The highest BCUT2D eigenvalue weighted by atomic mass is 16.7. The summed E-state index contributed by atoms with van der Waals surface area (Å²) in [4.78, 5) is 11.7. The molecule has 1 heterocycles. The Labute approximate surface area is 112 Å². The Morgan fingerprint density at radius 1 is 1.32 bits per heavy atom. The first-order chi connectivity index (χ1) is 9.06. The molecule has 0 aliphatic carbocycles. The molecule has 1 aliphatic rings. The summed E-state index contributed by atoms with van der Waals surface area (Å²) in [6.07, 6.45) is -0.550. The van der Waals surface area contributed by atoms with Gasteiger partial charge in [0.15, 0.2) is 17.6 Å². The number of hydrogen-bond donors (Lipinski definition) is 0. The normalized spacial score (nSPS) is 24.7. The largest absolute Gasteiger partial charge is 0.493 e. The monoisotopic (exact) mass is 266 g/mol. The third-order valence-electron chi connectivity index (χ3n) is 3.26. The van der Waals surface area contributed by atoms with E-state index in [1.165, 1.54) is 0 Å². The zero-order chi connectivity index (χ0) is 14.0. The molecule has 5 nitrogen and oxygen atoms in total. The predicted molar refractivity (Wildman–Crippen MR) is 68.4 cm³/mol. The van der Waals surface area contributed by atoms with Gasteiger partial charge < -0.3 is 18.9 Å². The molecule has 0 radical (unpaired) electrons. The summed E-state index contributed by atoms with van der Waals surface area (Å²) in [5.74, 6) is 0.919. The Balaban J connectivity index is 2.22. The van der Waals surface area contributed by atoms with Crippen LogP contribution in [0.25, 0.3) is 0 Å². The molecule has 1 aliphatic heterocycles. The molecule has 1 saturated heterocycles. The van der Waals surface area contributed by atoms with Crippen molar-refractivity contribution in [1.82, 2.24) is 0 Å². The van der Waals surface area contributed by atoms with Crippen molar-refractivity contribution in [2.75, 3.05) is 20.8 Å². The third-order valence-corrected chi connectivity index (χ3v) is 3.26. The van der Waals surface area contributed by atoms with Gasteiger partial charge in [-0.05, 0) is 31.5 Å². The highest BCUT2D eigenvalue weighted by Gasteiger charge is 2.59. The zero-order valence-electron chi connectivity index (χ0n) is 11.6. The summed E-state index contributed by atoms with van der Waals surface area (Å²) >= 11 is 0. The fourth-order valence-electron chi connectivity index (χ4n) is 2.07. The van der Waals surface area contributed by atoms with Crippen LogP contribution in [-0.4, -0.2) is 32.9 Å². The van der Waals surface area contributed by atoms with E-state index in [0.29, 0.717) is 18.1 Å². The van der Waals surface area contributed by atoms with Crippen LogP contribution in [0.1, 0.15) is 19.4 Å². The Morgan fingerprint density at radius 2 is 2.00 bits per heavy atom. The molecule has 5 heteroatoms. The molecule has 2 rings (SSSR count). The number of carbonyl (C=O) groups is 1. The molecular weight excluding hydrogens is 248 g/mol. The highest BCUT2D eigenvalue weighted by molar-refractivity contribution is 5.80. The van der Waals surface area contributed by atoms with E-state index >= 15 is 0 Å². The van der Waals surface area contributed by atoms with Gasteiger partial charge in [0.25, 0.3) is 0 Å². The maximum absolute atomic E-state index is 11.7. The molecule has 0 aromatic heterocycles. The maximum Gasteiger partial charge on any atom is 0.338 e. The van der Waals surface area contributed by atoms with E-state index in [1.54, 1.807) is 27.2 Å². The minimum absolute atomic E-state index is 0.334. The van der Waals surface area contributed by atoms with Gasteiger partial charge in [-0.15, -0.1) is 0 Å². The van der Waals surface area contributed by atoms with Crippen molar-refractivity contribution in [3.8, 4) is 11.5 Å². The number of methoxy groups -OCH3 is 2. The van der Waals surface area contributed by atoms with E-state index in [4.69, 9.17) is 18.9 Å². The van der Waals surface area contributed by atoms with Gasteiger partial charge in [-0.3, -0.25) is 0 Å². The lowest BCUT2D eigenvalue weighted by Gasteiger charge is -2.12. The number of epoxide rings is 1. The lowest BCUT2D eigenvalue weighted by atomic mass is 9.97. The summed E-state index contributed by atoms with van der Waals surface area (Å²) in [6, 6.07) is 5.47. The quantitative estimate of drug-likeness (QED) is 0.601. The molecule has 0 saturated carbocycles. The topological polar surface area (TPSA) is 57.3 Å². The number of rotatable bonds is 5. The van der Waals surface area contributed by atoms with Gasteiger partial charge in [0.2, 0.25) is 0 Å². The second kappa shape index (κ2) is 5.09. The first kappa shape index (κ1) is 13.7. The molecule has 19 heavy (non-hydrogen) atoms. The number of benzene rings is 1. The summed E-state index contributed by atoms with van der Waals surface area (Å²) in [5, 5.41) is 0. The second-order valence-electron chi connectivity index (χ2n) is 4.43. The number of carbonyl (C=O) groups excluding carboxylic acids is 1.